The highest BCUT2D eigenvalue weighted by molar-refractivity contribution is 5.91. The third-order valence-electron chi connectivity index (χ3n) is 4.69. The summed E-state index contributed by atoms with van der Waals surface area (Å²) in [5, 5.41) is 0. The van der Waals surface area contributed by atoms with E-state index in [1.807, 2.05) is 18.2 Å². The van der Waals surface area contributed by atoms with Gasteiger partial charge in [-0.15, -0.1) is 0 Å². The molecule has 0 radical (unpaired) electrons. The third-order valence-corrected chi connectivity index (χ3v) is 4.69. The lowest BCUT2D eigenvalue weighted by Crippen LogP contribution is -2.32. The lowest BCUT2D eigenvalue weighted by molar-refractivity contribution is -0.697. The van der Waals surface area contributed by atoms with Gasteiger partial charge in [-0.05, 0) is 31.6 Å². The fourth-order valence-electron chi connectivity index (χ4n) is 2.84. The van der Waals surface area contributed by atoms with Gasteiger partial charge in [0.2, 0.25) is 0 Å². The smallest absolute Gasteiger partial charge is 0.331 e. The number of ether oxygens (including phenoxy) is 2. The Morgan fingerprint density at radius 1 is 0.893 bits per heavy atom. The van der Waals surface area contributed by atoms with Gasteiger partial charge in [0.05, 0.1) is 13.2 Å². The highest BCUT2D eigenvalue weighted by Crippen LogP contribution is 2.12. The first-order chi connectivity index (χ1) is 13.7. The first-order valence-corrected chi connectivity index (χ1v) is 10.6. The summed E-state index contributed by atoms with van der Waals surface area (Å²) in [7, 11) is 0. The van der Waals surface area contributed by atoms with Gasteiger partial charge in [-0.1, -0.05) is 39.2 Å². The molecule has 0 fully saturated rings. The minimum atomic E-state index is -0.491. The van der Waals surface area contributed by atoms with E-state index < -0.39 is 11.9 Å². The second kappa shape index (κ2) is 15.8. The maximum Gasteiger partial charge on any atom is 0.331 e. The molecule has 0 aliphatic heterocycles. The molecular formula is C23H36NO4+. The van der Waals surface area contributed by atoms with Crippen LogP contribution in [0.1, 0.15) is 65.2 Å². The van der Waals surface area contributed by atoms with Gasteiger partial charge < -0.3 is 9.47 Å². The van der Waals surface area contributed by atoms with Crippen molar-refractivity contribution >= 4 is 11.9 Å². The van der Waals surface area contributed by atoms with Gasteiger partial charge in [-0.25, -0.2) is 14.2 Å². The number of pyridine rings is 1. The molecule has 0 aromatic carbocycles. The van der Waals surface area contributed by atoms with Crippen molar-refractivity contribution < 1.29 is 23.6 Å². The molecule has 1 unspecified atom stereocenters. The molecule has 0 aliphatic carbocycles. The Kier molecular flexibility index (Phi) is 13.5. The van der Waals surface area contributed by atoms with Crippen LogP contribution in [0.15, 0.2) is 42.7 Å². The predicted molar refractivity (Wildman–Crippen MR) is 109 cm³/mol. The molecule has 28 heavy (non-hydrogen) atoms. The molecule has 1 atom stereocenters. The predicted octanol–water partition coefficient (Wildman–Crippen LogP) is 4.39. The number of esters is 2. The first-order valence-electron chi connectivity index (χ1n) is 10.6. The number of unbranched alkanes of at least 4 members (excludes halogenated alkanes) is 4. The molecule has 0 saturated carbocycles. The molecule has 1 rings (SSSR count). The molecule has 0 bridgehead atoms. The van der Waals surface area contributed by atoms with E-state index in [0.717, 1.165) is 70.1 Å². The van der Waals surface area contributed by atoms with E-state index in [2.05, 4.69) is 30.8 Å². The van der Waals surface area contributed by atoms with E-state index in [4.69, 9.17) is 9.47 Å². The second-order valence-electron chi connectivity index (χ2n) is 7.07. The summed E-state index contributed by atoms with van der Waals surface area (Å²) in [6.45, 7) is 6.04. The Hall–Kier alpha value is -2.17. The number of nitrogens with zero attached hydrogens (tertiary/aromatic N) is 1. The molecule has 0 aliphatic rings. The quantitative estimate of drug-likeness (QED) is 0.193. The van der Waals surface area contributed by atoms with Crippen LogP contribution in [0.4, 0.5) is 0 Å². The lowest BCUT2D eigenvalue weighted by atomic mass is 10.0. The molecule has 1 aromatic heterocycles. The average molecular weight is 391 g/mol. The molecule has 156 valence electrons. The standard InChI is InChI=1S/C23H36NO4/c1-3-5-13-21(4-2)20-28-23(26)15-14-22(25)27-19-12-7-6-9-16-24-17-10-8-11-18-24/h8,10-11,14-15,17-18,21H,3-7,9,12-13,16,19-20H2,1-2H3/q+1/b15-14-. The molecule has 0 spiro atoms. The van der Waals surface area contributed by atoms with E-state index in [0.29, 0.717) is 19.1 Å². The van der Waals surface area contributed by atoms with Crippen LogP contribution in [-0.2, 0) is 25.6 Å². The van der Waals surface area contributed by atoms with Gasteiger partial charge in [0, 0.05) is 30.7 Å². The highest BCUT2D eigenvalue weighted by Gasteiger charge is 2.09. The van der Waals surface area contributed by atoms with Crippen molar-refractivity contribution in [2.24, 2.45) is 5.92 Å². The van der Waals surface area contributed by atoms with Crippen molar-refractivity contribution in [1.29, 1.82) is 0 Å². The highest BCUT2D eigenvalue weighted by atomic mass is 16.5. The summed E-state index contributed by atoms with van der Waals surface area (Å²) in [4.78, 5) is 23.3. The van der Waals surface area contributed by atoms with E-state index in [-0.39, 0.29) is 0 Å². The average Bonchev–Trinajstić information content (AvgIpc) is 2.72. The first kappa shape index (κ1) is 23.9. The van der Waals surface area contributed by atoms with E-state index in [1.54, 1.807) is 0 Å². The van der Waals surface area contributed by atoms with Crippen molar-refractivity contribution in [2.45, 2.75) is 71.8 Å². The minimum Gasteiger partial charge on any atom is -0.463 e. The maximum atomic E-state index is 11.7. The summed E-state index contributed by atoms with van der Waals surface area (Å²) in [5.41, 5.74) is 0. The zero-order chi connectivity index (χ0) is 20.5. The van der Waals surface area contributed by atoms with Crippen LogP contribution in [0.5, 0.6) is 0 Å². The van der Waals surface area contributed by atoms with Gasteiger partial charge in [0.1, 0.15) is 6.54 Å². The van der Waals surface area contributed by atoms with Crippen LogP contribution >= 0.6 is 0 Å². The van der Waals surface area contributed by atoms with Crippen LogP contribution in [-0.4, -0.2) is 25.2 Å². The molecular weight excluding hydrogens is 354 g/mol. The van der Waals surface area contributed by atoms with E-state index >= 15 is 0 Å². The number of aryl methyl sites for hydroxylation is 1. The molecule has 0 amide bonds. The summed E-state index contributed by atoms with van der Waals surface area (Å²) in [6, 6.07) is 6.06. The van der Waals surface area contributed by atoms with Gasteiger partial charge in [0.25, 0.3) is 0 Å². The number of carbonyl (C=O) groups is 2. The Labute approximate surface area is 169 Å². The Morgan fingerprint density at radius 2 is 1.57 bits per heavy atom. The zero-order valence-electron chi connectivity index (χ0n) is 17.5. The summed E-state index contributed by atoms with van der Waals surface area (Å²) >= 11 is 0. The monoisotopic (exact) mass is 390 g/mol. The minimum absolute atomic E-state index is 0.381. The molecule has 5 nitrogen and oxygen atoms in total. The van der Waals surface area contributed by atoms with Crippen molar-refractivity contribution in [2.75, 3.05) is 13.2 Å². The molecule has 5 heteroatoms. The van der Waals surface area contributed by atoms with Crippen LogP contribution in [0.2, 0.25) is 0 Å². The molecule has 1 aromatic rings. The maximum absolute atomic E-state index is 11.7. The summed E-state index contributed by atoms with van der Waals surface area (Å²) in [5.74, 6) is -0.579. The molecule has 0 N–H and O–H groups in total. The normalized spacial score (nSPS) is 12.1. The lowest BCUT2D eigenvalue weighted by Gasteiger charge is -2.13. The van der Waals surface area contributed by atoms with Gasteiger partial charge in [-0.2, -0.15) is 0 Å². The van der Waals surface area contributed by atoms with E-state index in [1.165, 1.54) is 0 Å². The van der Waals surface area contributed by atoms with Crippen molar-refractivity contribution in [3.05, 3.63) is 42.7 Å². The van der Waals surface area contributed by atoms with Gasteiger partial charge >= 0.3 is 11.9 Å². The number of rotatable bonds is 15. The van der Waals surface area contributed by atoms with Crippen LogP contribution in [0.3, 0.4) is 0 Å². The third kappa shape index (κ3) is 12.3. The Balaban J connectivity index is 2.04. The SMILES string of the molecule is CCCCC(CC)COC(=O)/C=C\C(=O)OCCCCCC[n+]1ccccc1. The summed E-state index contributed by atoms with van der Waals surface area (Å²) in [6.07, 6.45) is 14.8. The summed E-state index contributed by atoms with van der Waals surface area (Å²) < 4.78 is 12.5. The molecule has 1 heterocycles. The fraction of sp³-hybridized carbons (Fsp3) is 0.609. The van der Waals surface area contributed by atoms with E-state index in [9.17, 15) is 9.59 Å². The van der Waals surface area contributed by atoms with Crippen molar-refractivity contribution in [3.63, 3.8) is 0 Å². The fourth-order valence-corrected chi connectivity index (χ4v) is 2.84. The van der Waals surface area contributed by atoms with Crippen LogP contribution in [0.25, 0.3) is 0 Å². The van der Waals surface area contributed by atoms with Crippen LogP contribution < -0.4 is 4.57 Å². The van der Waals surface area contributed by atoms with Gasteiger partial charge in [0.15, 0.2) is 12.4 Å². The van der Waals surface area contributed by atoms with Gasteiger partial charge in [-0.3, -0.25) is 0 Å². The number of hydrogen-bond donors (Lipinski definition) is 0. The van der Waals surface area contributed by atoms with Crippen molar-refractivity contribution in [1.82, 2.24) is 0 Å². The zero-order valence-corrected chi connectivity index (χ0v) is 17.5. The largest absolute Gasteiger partial charge is 0.463 e. The second-order valence-corrected chi connectivity index (χ2v) is 7.07. The van der Waals surface area contributed by atoms with Crippen LogP contribution in [0, 0.1) is 5.92 Å². The Morgan fingerprint density at radius 3 is 2.25 bits per heavy atom. The number of hydrogen-bond acceptors (Lipinski definition) is 4. The van der Waals surface area contributed by atoms with Crippen molar-refractivity contribution in [3.8, 4) is 0 Å². The number of carbonyl (C=O) groups excluding carboxylic acids is 2. The Bertz CT molecular complexity index is 571. The number of aromatic nitrogens is 1. The topological polar surface area (TPSA) is 56.5 Å². The molecule has 0 saturated heterocycles.